The maximum atomic E-state index is 13.2. The third-order valence-corrected chi connectivity index (χ3v) is 2.02. The molecule has 7 heteroatoms. The number of benzene rings is 1. The van der Waals surface area contributed by atoms with Crippen molar-refractivity contribution in [2.45, 2.75) is 27.4 Å². The van der Waals surface area contributed by atoms with Gasteiger partial charge in [-0.3, -0.25) is 0 Å². The summed E-state index contributed by atoms with van der Waals surface area (Å²) in [6.45, 7) is 4.52. The van der Waals surface area contributed by atoms with Gasteiger partial charge in [0.15, 0.2) is 23.3 Å². The van der Waals surface area contributed by atoms with Crippen LogP contribution in [0.4, 0.5) is 22.0 Å². The summed E-state index contributed by atoms with van der Waals surface area (Å²) in [4.78, 5) is 4.54. The van der Waals surface area contributed by atoms with Crippen molar-refractivity contribution in [3.8, 4) is 0 Å². The van der Waals surface area contributed by atoms with E-state index in [4.69, 9.17) is 0 Å². The summed E-state index contributed by atoms with van der Waals surface area (Å²) in [6, 6.07) is 0. The fourth-order valence-electron chi connectivity index (χ4n) is 1.07. The van der Waals surface area contributed by atoms with Gasteiger partial charge in [-0.2, -0.15) is 0 Å². The highest BCUT2D eigenvalue weighted by Gasteiger charge is 2.25. The molecule has 19 heavy (non-hydrogen) atoms. The van der Waals surface area contributed by atoms with Gasteiger partial charge in [0, 0.05) is 11.6 Å². The van der Waals surface area contributed by atoms with Gasteiger partial charge in [-0.15, -0.1) is 0 Å². The lowest BCUT2D eigenvalue weighted by molar-refractivity contribution is 0.122. The van der Waals surface area contributed by atoms with Crippen molar-refractivity contribution in [3.63, 3.8) is 0 Å². The molecule has 0 saturated heterocycles. The number of hydrogen-bond acceptors (Lipinski definition) is 2. The van der Waals surface area contributed by atoms with E-state index >= 15 is 0 Å². The summed E-state index contributed by atoms with van der Waals surface area (Å²) < 4.78 is 64.9. The molecule has 0 heterocycles. The summed E-state index contributed by atoms with van der Waals surface area (Å²) >= 11 is 0. The third-order valence-electron chi connectivity index (χ3n) is 2.02. The quantitative estimate of drug-likeness (QED) is 0.270. The van der Waals surface area contributed by atoms with E-state index < -0.39 is 41.3 Å². The van der Waals surface area contributed by atoms with Crippen LogP contribution in [0.5, 0.6) is 0 Å². The van der Waals surface area contributed by atoms with E-state index in [1.165, 1.54) is 6.21 Å². The molecule has 0 amide bonds. The van der Waals surface area contributed by atoms with Crippen LogP contribution >= 0.6 is 0 Å². The fourth-order valence-corrected chi connectivity index (χ4v) is 1.07. The second-order valence-corrected chi connectivity index (χ2v) is 4.92. The van der Waals surface area contributed by atoms with Gasteiger partial charge in [-0.05, 0) is 0 Å². The molecule has 0 saturated carbocycles. The van der Waals surface area contributed by atoms with E-state index in [0.29, 0.717) is 0 Å². The van der Waals surface area contributed by atoms with Crippen molar-refractivity contribution < 1.29 is 26.8 Å². The SMILES string of the molecule is CC(C)(C)/C=N/OCc1c(F)c(F)c(F)c(F)c1F. The monoisotopic (exact) mass is 281 g/mol. The average Bonchev–Trinajstić information content (AvgIpc) is 2.32. The summed E-state index contributed by atoms with van der Waals surface area (Å²) in [5.41, 5.74) is -1.39. The number of halogens is 5. The molecule has 2 nitrogen and oxygen atoms in total. The molecule has 0 N–H and O–H groups in total. The first-order valence-electron chi connectivity index (χ1n) is 5.32. The Bertz CT molecular complexity index is 479. The topological polar surface area (TPSA) is 21.6 Å². The summed E-state index contributed by atoms with van der Waals surface area (Å²) in [6.07, 6.45) is 1.35. The van der Waals surface area contributed by atoms with Gasteiger partial charge in [-0.25, -0.2) is 22.0 Å². The van der Waals surface area contributed by atoms with Crippen molar-refractivity contribution in [1.82, 2.24) is 0 Å². The van der Waals surface area contributed by atoms with E-state index in [2.05, 4.69) is 9.99 Å². The van der Waals surface area contributed by atoms with Crippen LogP contribution in [0, 0.1) is 34.5 Å². The Hall–Kier alpha value is -1.66. The third kappa shape index (κ3) is 3.65. The molecule has 0 aliphatic carbocycles. The summed E-state index contributed by atoms with van der Waals surface area (Å²) in [5, 5.41) is 3.40. The van der Waals surface area contributed by atoms with Crippen molar-refractivity contribution in [2.75, 3.05) is 0 Å². The molecular formula is C12H12F5NO. The molecule has 0 unspecified atom stereocenters. The van der Waals surface area contributed by atoms with E-state index in [1.54, 1.807) is 20.8 Å². The van der Waals surface area contributed by atoms with Crippen LogP contribution in [0.25, 0.3) is 0 Å². The lowest BCUT2D eigenvalue weighted by atomic mass is 10.00. The van der Waals surface area contributed by atoms with Gasteiger partial charge in [0.25, 0.3) is 0 Å². The van der Waals surface area contributed by atoms with Crippen LogP contribution in [0.1, 0.15) is 26.3 Å². The van der Waals surface area contributed by atoms with E-state index in [-0.39, 0.29) is 5.41 Å². The maximum absolute atomic E-state index is 13.2. The summed E-state index contributed by atoms with van der Waals surface area (Å²) in [7, 11) is 0. The molecule has 0 fully saturated rings. The minimum Gasteiger partial charge on any atom is -0.391 e. The molecule has 0 atom stereocenters. The molecular weight excluding hydrogens is 269 g/mol. The predicted octanol–water partition coefficient (Wildman–Crippen LogP) is 3.93. The minimum absolute atomic E-state index is 0.337. The number of oxime groups is 1. The molecule has 1 aromatic rings. The average molecular weight is 281 g/mol. The molecule has 0 bridgehead atoms. The maximum Gasteiger partial charge on any atom is 0.200 e. The van der Waals surface area contributed by atoms with Crippen LogP contribution in [-0.4, -0.2) is 6.21 Å². The number of rotatable bonds is 3. The van der Waals surface area contributed by atoms with Crippen molar-refractivity contribution in [1.29, 1.82) is 0 Å². The number of hydrogen-bond donors (Lipinski definition) is 0. The van der Waals surface area contributed by atoms with E-state index in [0.717, 1.165) is 0 Å². The number of nitrogens with zero attached hydrogens (tertiary/aromatic N) is 1. The summed E-state index contributed by atoms with van der Waals surface area (Å²) in [5.74, 6) is -10.0. The molecule has 1 aromatic carbocycles. The Morgan fingerprint density at radius 2 is 1.32 bits per heavy atom. The van der Waals surface area contributed by atoms with E-state index in [9.17, 15) is 22.0 Å². The minimum atomic E-state index is -2.20. The Balaban J connectivity index is 2.94. The zero-order valence-corrected chi connectivity index (χ0v) is 10.5. The molecule has 106 valence electrons. The van der Waals surface area contributed by atoms with Crippen LogP contribution in [-0.2, 0) is 11.4 Å². The lowest BCUT2D eigenvalue weighted by Crippen LogP contribution is -2.09. The highest BCUT2D eigenvalue weighted by atomic mass is 19.2. The van der Waals surface area contributed by atoms with Gasteiger partial charge >= 0.3 is 0 Å². The Morgan fingerprint density at radius 3 is 1.74 bits per heavy atom. The zero-order valence-electron chi connectivity index (χ0n) is 10.5. The second kappa shape index (κ2) is 5.54. The molecule has 0 aromatic heterocycles. The molecule has 1 rings (SSSR count). The highest BCUT2D eigenvalue weighted by Crippen LogP contribution is 2.23. The fraction of sp³-hybridized carbons (Fsp3) is 0.417. The van der Waals surface area contributed by atoms with Crippen LogP contribution < -0.4 is 0 Å². The molecule has 0 aliphatic rings. The first-order chi connectivity index (χ1) is 8.65. The highest BCUT2D eigenvalue weighted by molar-refractivity contribution is 5.63. The Labute approximate surface area is 106 Å². The van der Waals surface area contributed by atoms with Gasteiger partial charge in [0.1, 0.15) is 6.61 Å². The second-order valence-electron chi connectivity index (χ2n) is 4.92. The Morgan fingerprint density at radius 1 is 0.895 bits per heavy atom. The van der Waals surface area contributed by atoms with Crippen LogP contribution in [0.3, 0.4) is 0 Å². The zero-order chi connectivity index (χ0) is 14.8. The van der Waals surface area contributed by atoms with Gasteiger partial charge < -0.3 is 4.84 Å². The van der Waals surface area contributed by atoms with Crippen molar-refractivity contribution in [2.24, 2.45) is 10.6 Å². The van der Waals surface area contributed by atoms with Crippen molar-refractivity contribution >= 4 is 6.21 Å². The standard InChI is InChI=1S/C12H12F5NO/c1-12(2,3)5-18-19-4-6-7(13)9(15)11(17)10(16)8(6)14/h5H,4H2,1-3H3/b18-5+. The van der Waals surface area contributed by atoms with E-state index in [1.807, 2.05) is 0 Å². The normalized spacial score (nSPS) is 12.2. The van der Waals surface area contributed by atoms with Gasteiger partial charge in [-0.1, -0.05) is 25.9 Å². The first-order valence-corrected chi connectivity index (χ1v) is 5.32. The van der Waals surface area contributed by atoms with Crippen molar-refractivity contribution in [3.05, 3.63) is 34.6 Å². The predicted molar refractivity (Wildman–Crippen MR) is 59.0 cm³/mol. The molecule has 0 aliphatic heterocycles. The molecule has 0 radical (unpaired) electrons. The molecule has 0 spiro atoms. The van der Waals surface area contributed by atoms with Crippen LogP contribution in [0.2, 0.25) is 0 Å². The smallest absolute Gasteiger partial charge is 0.200 e. The lowest BCUT2D eigenvalue weighted by Gasteiger charge is -2.10. The largest absolute Gasteiger partial charge is 0.391 e. The first kappa shape index (κ1) is 15.4. The van der Waals surface area contributed by atoms with Crippen LogP contribution in [0.15, 0.2) is 5.16 Å². The van der Waals surface area contributed by atoms with Gasteiger partial charge in [0.05, 0.1) is 5.56 Å². The Kier molecular flexibility index (Phi) is 4.49. The van der Waals surface area contributed by atoms with Gasteiger partial charge in [0.2, 0.25) is 5.82 Å².